The van der Waals surface area contributed by atoms with Gasteiger partial charge in [0.1, 0.15) is 0 Å². The summed E-state index contributed by atoms with van der Waals surface area (Å²) in [6.07, 6.45) is 14.9. The quantitative estimate of drug-likeness (QED) is 0.290. The average Bonchev–Trinajstić information content (AvgIpc) is 2.46. The van der Waals surface area contributed by atoms with Crippen LogP contribution in [0.4, 0.5) is 0 Å². The molecule has 0 radical (unpaired) electrons. The Labute approximate surface area is 150 Å². The molecule has 24 heavy (non-hydrogen) atoms. The molecule has 2 nitrogen and oxygen atoms in total. The molecule has 0 bridgehead atoms. The summed E-state index contributed by atoms with van der Waals surface area (Å²) in [5.41, 5.74) is 4.39. The van der Waals surface area contributed by atoms with E-state index in [1.807, 2.05) is 0 Å². The lowest BCUT2D eigenvalue weighted by molar-refractivity contribution is -0.141. The van der Waals surface area contributed by atoms with Crippen LogP contribution in [0.15, 0.2) is 34.9 Å². The second-order valence-corrected chi connectivity index (χ2v) is 7.27. The lowest BCUT2D eigenvalue weighted by Crippen LogP contribution is -2.05. The van der Waals surface area contributed by atoms with Gasteiger partial charge < -0.3 is 4.74 Å². The molecule has 0 rings (SSSR count). The van der Waals surface area contributed by atoms with E-state index in [2.05, 4.69) is 52.8 Å². The highest BCUT2D eigenvalue weighted by molar-refractivity contribution is 5.65. The minimum absolute atomic E-state index is 0.179. The van der Waals surface area contributed by atoms with Crippen LogP contribution >= 0.6 is 0 Å². The van der Waals surface area contributed by atoms with Gasteiger partial charge in [-0.1, -0.05) is 41.9 Å². The van der Waals surface area contributed by atoms with Crippen LogP contribution in [-0.2, 0) is 9.53 Å². The van der Waals surface area contributed by atoms with Gasteiger partial charge in [0.25, 0.3) is 0 Å². The summed E-state index contributed by atoms with van der Waals surface area (Å²) < 4.78 is 4.99. The van der Waals surface area contributed by atoms with E-state index >= 15 is 0 Å². The second-order valence-electron chi connectivity index (χ2n) is 7.27. The van der Waals surface area contributed by atoms with Gasteiger partial charge in [0.05, 0.1) is 6.61 Å². The maximum absolute atomic E-state index is 10.7. The fourth-order valence-corrected chi connectivity index (χ4v) is 2.50. The number of ether oxygens (including phenoxy) is 1. The number of allylic oxidation sites excluding steroid dienone is 6. The molecule has 0 aliphatic rings. The van der Waals surface area contributed by atoms with Crippen molar-refractivity contribution in [3.05, 3.63) is 34.9 Å². The predicted octanol–water partition coefficient (Wildman–Crippen LogP) is 6.78. The Morgan fingerprint density at radius 1 is 0.833 bits per heavy atom. The number of carbonyl (C=O) groups excluding carboxylic acids is 1. The SMILES string of the molecule is CC(=O)OCCC(C)CCC=C(C)CCC=C(C)CCC=C(C)C. The Bertz CT molecular complexity index is 437. The van der Waals surface area contributed by atoms with Crippen LogP contribution < -0.4 is 0 Å². The van der Waals surface area contributed by atoms with Gasteiger partial charge in [-0.05, 0) is 78.6 Å². The van der Waals surface area contributed by atoms with Crippen LogP contribution in [0, 0.1) is 5.92 Å². The van der Waals surface area contributed by atoms with E-state index < -0.39 is 0 Å². The largest absolute Gasteiger partial charge is 0.466 e. The highest BCUT2D eigenvalue weighted by atomic mass is 16.5. The van der Waals surface area contributed by atoms with Gasteiger partial charge in [-0.15, -0.1) is 0 Å². The van der Waals surface area contributed by atoms with Gasteiger partial charge in [0.15, 0.2) is 0 Å². The van der Waals surface area contributed by atoms with Crippen LogP contribution in [0.5, 0.6) is 0 Å². The first-order valence-electron chi connectivity index (χ1n) is 9.39. The highest BCUT2D eigenvalue weighted by Crippen LogP contribution is 2.15. The maximum atomic E-state index is 10.7. The molecule has 0 amide bonds. The van der Waals surface area contributed by atoms with Crippen molar-refractivity contribution in [2.75, 3.05) is 6.61 Å². The van der Waals surface area contributed by atoms with Crippen molar-refractivity contribution in [3.8, 4) is 0 Å². The Hall–Kier alpha value is -1.31. The fourth-order valence-electron chi connectivity index (χ4n) is 2.50. The van der Waals surface area contributed by atoms with Crippen LogP contribution in [-0.4, -0.2) is 12.6 Å². The van der Waals surface area contributed by atoms with Gasteiger partial charge in [-0.3, -0.25) is 4.79 Å². The second kappa shape index (κ2) is 14.1. The molecule has 0 saturated heterocycles. The molecule has 0 spiro atoms. The molecular formula is C22H38O2. The van der Waals surface area contributed by atoms with E-state index in [9.17, 15) is 4.79 Å². The molecular weight excluding hydrogens is 296 g/mol. The first-order valence-corrected chi connectivity index (χ1v) is 9.39. The van der Waals surface area contributed by atoms with E-state index in [-0.39, 0.29) is 5.97 Å². The number of carbonyl (C=O) groups is 1. The molecule has 0 heterocycles. The van der Waals surface area contributed by atoms with Crippen molar-refractivity contribution in [1.29, 1.82) is 0 Å². The van der Waals surface area contributed by atoms with Crippen molar-refractivity contribution >= 4 is 5.97 Å². The zero-order valence-corrected chi connectivity index (χ0v) is 16.8. The van der Waals surface area contributed by atoms with E-state index in [1.54, 1.807) is 0 Å². The molecule has 0 aromatic heterocycles. The molecule has 0 aliphatic carbocycles. The number of hydrogen-bond donors (Lipinski definition) is 0. The van der Waals surface area contributed by atoms with E-state index in [0.717, 1.165) is 38.5 Å². The van der Waals surface area contributed by atoms with Gasteiger partial charge in [-0.2, -0.15) is 0 Å². The monoisotopic (exact) mass is 334 g/mol. The van der Waals surface area contributed by atoms with Crippen molar-refractivity contribution in [2.45, 2.75) is 86.5 Å². The van der Waals surface area contributed by atoms with Crippen LogP contribution in [0.3, 0.4) is 0 Å². The zero-order valence-electron chi connectivity index (χ0n) is 16.8. The maximum Gasteiger partial charge on any atom is 0.302 e. The third-order valence-electron chi connectivity index (χ3n) is 4.19. The van der Waals surface area contributed by atoms with Gasteiger partial charge in [0.2, 0.25) is 0 Å². The van der Waals surface area contributed by atoms with E-state index in [4.69, 9.17) is 4.74 Å². The van der Waals surface area contributed by atoms with Crippen LogP contribution in [0.1, 0.15) is 86.5 Å². The Kier molecular flexibility index (Phi) is 13.3. The lowest BCUT2D eigenvalue weighted by Gasteiger charge is -2.10. The minimum atomic E-state index is -0.179. The fraction of sp³-hybridized carbons (Fsp3) is 0.682. The number of rotatable bonds is 12. The average molecular weight is 335 g/mol. The summed E-state index contributed by atoms with van der Waals surface area (Å²) in [6.45, 7) is 13.0. The summed E-state index contributed by atoms with van der Waals surface area (Å²) in [5, 5.41) is 0. The molecule has 0 fully saturated rings. The van der Waals surface area contributed by atoms with Gasteiger partial charge >= 0.3 is 5.97 Å². The van der Waals surface area contributed by atoms with Gasteiger partial charge in [0, 0.05) is 6.92 Å². The van der Waals surface area contributed by atoms with Crippen molar-refractivity contribution in [3.63, 3.8) is 0 Å². The van der Waals surface area contributed by atoms with E-state index in [1.165, 1.54) is 30.1 Å². The normalized spacial score (nSPS) is 13.6. The Balaban J connectivity index is 3.86. The van der Waals surface area contributed by atoms with Crippen LogP contribution in [0.2, 0.25) is 0 Å². The standard InChI is InChI=1S/C22H38O2/c1-18(2)10-7-11-19(3)12-8-13-20(4)14-9-15-21(5)16-17-24-22(6)23/h10,12,14,21H,7-9,11,13,15-17H2,1-6H3. The summed E-state index contributed by atoms with van der Waals surface area (Å²) in [5.74, 6) is 0.424. The Morgan fingerprint density at radius 2 is 1.38 bits per heavy atom. The molecule has 0 aromatic rings. The van der Waals surface area contributed by atoms with Crippen LogP contribution in [0.25, 0.3) is 0 Å². The molecule has 138 valence electrons. The van der Waals surface area contributed by atoms with E-state index in [0.29, 0.717) is 12.5 Å². The summed E-state index contributed by atoms with van der Waals surface area (Å²) in [4.78, 5) is 10.7. The predicted molar refractivity (Wildman–Crippen MR) is 105 cm³/mol. The number of hydrogen-bond acceptors (Lipinski definition) is 2. The lowest BCUT2D eigenvalue weighted by atomic mass is 10.0. The highest BCUT2D eigenvalue weighted by Gasteiger charge is 2.02. The molecule has 0 N–H and O–H groups in total. The third kappa shape index (κ3) is 15.6. The molecule has 0 saturated carbocycles. The molecule has 1 unspecified atom stereocenters. The zero-order chi connectivity index (χ0) is 18.4. The van der Waals surface area contributed by atoms with Crippen molar-refractivity contribution < 1.29 is 9.53 Å². The minimum Gasteiger partial charge on any atom is -0.466 e. The summed E-state index contributed by atoms with van der Waals surface area (Å²) in [6, 6.07) is 0. The molecule has 2 heteroatoms. The first kappa shape index (κ1) is 22.7. The molecule has 1 atom stereocenters. The molecule has 0 aliphatic heterocycles. The summed E-state index contributed by atoms with van der Waals surface area (Å²) >= 11 is 0. The summed E-state index contributed by atoms with van der Waals surface area (Å²) in [7, 11) is 0. The first-order chi connectivity index (χ1) is 11.3. The van der Waals surface area contributed by atoms with Gasteiger partial charge in [-0.25, -0.2) is 0 Å². The Morgan fingerprint density at radius 3 is 1.92 bits per heavy atom. The third-order valence-corrected chi connectivity index (χ3v) is 4.19. The number of esters is 1. The smallest absolute Gasteiger partial charge is 0.302 e. The topological polar surface area (TPSA) is 26.3 Å². The van der Waals surface area contributed by atoms with Crippen molar-refractivity contribution in [1.82, 2.24) is 0 Å². The molecule has 0 aromatic carbocycles. The van der Waals surface area contributed by atoms with Crippen molar-refractivity contribution in [2.24, 2.45) is 5.92 Å².